The molecule has 2 aromatic rings. The molecule has 2 nitrogen and oxygen atoms in total. The molecule has 0 aliphatic carbocycles. The van der Waals surface area contributed by atoms with E-state index in [-0.39, 0.29) is 0 Å². The van der Waals surface area contributed by atoms with E-state index in [9.17, 15) is 5.11 Å². The largest absolute Gasteiger partial charge is 0.508 e. The number of hydrogen-bond acceptors (Lipinski definition) is 2. The van der Waals surface area contributed by atoms with Crippen LogP contribution in [-0.4, -0.2) is 11.7 Å². The molecule has 1 N–H and O–H groups in total. The molecule has 0 spiro atoms. The van der Waals surface area contributed by atoms with Gasteiger partial charge in [0.2, 0.25) is 0 Å². The predicted molar refractivity (Wildman–Crippen MR) is 76.7 cm³/mol. The molecule has 0 amide bonds. The SMILES string of the molecule is CCN(c1cccc(O)c1)c1ccc(C)cc1C. The van der Waals surface area contributed by atoms with Crippen LogP contribution in [-0.2, 0) is 0 Å². The Morgan fingerprint density at radius 2 is 1.83 bits per heavy atom. The van der Waals surface area contributed by atoms with E-state index in [1.54, 1.807) is 12.1 Å². The van der Waals surface area contributed by atoms with Crippen molar-refractivity contribution in [2.75, 3.05) is 11.4 Å². The highest BCUT2D eigenvalue weighted by molar-refractivity contribution is 5.67. The fourth-order valence-corrected chi connectivity index (χ4v) is 2.26. The molecule has 0 saturated carbocycles. The molecular formula is C16H19NO. The van der Waals surface area contributed by atoms with Crippen molar-refractivity contribution in [1.82, 2.24) is 0 Å². The normalized spacial score (nSPS) is 10.4. The Balaban J connectivity index is 2.45. The van der Waals surface area contributed by atoms with E-state index in [4.69, 9.17) is 0 Å². The minimum atomic E-state index is 0.302. The monoisotopic (exact) mass is 241 g/mol. The maximum absolute atomic E-state index is 9.59. The zero-order chi connectivity index (χ0) is 13.1. The van der Waals surface area contributed by atoms with Crippen molar-refractivity contribution in [3.8, 4) is 5.75 Å². The van der Waals surface area contributed by atoms with Crippen LogP contribution < -0.4 is 4.90 Å². The number of phenolic OH excluding ortho intramolecular Hbond substituents is 1. The average molecular weight is 241 g/mol. The number of benzene rings is 2. The lowest BCUT2D eigenvalue weighted by Crippen LogP contribution is -2.16. The third-order valence-corrected chi connectivity index (χ3v) is 3.10. The lowest BCUT2D eigenvalue weighted by atomic mass is 10.1. The van der Waals surface area contributed by atoms with Crippen LogP contribution in [0, 0.1) is 13.8 Å². The van der Waals surface area contributed by atoms with Crippen LogP contribution >= 0.6 is 0 Å². The predicted octanol–water partition coefficient (Wildman–Crippen LogP) is 4.17. The molecule has 0 atom stereocenters. The van der Waals surface area contributed by atoms with Crippen molar-refractivity contribution in [3.05, 3.63) is 53.6 Å². The molecule has 2 rings (SSSR count). The van der Waals surface area contributed by atoms with Gasteiger partial charge in [-0.1, -0.05) is 23.8 Å². The van der Waals surface area contributed by atoms with Gasteiger partial charge in [0.1, 0.15) is 5.75 Å². The van der Waals surface area contributed by atoms with Crippen LogP contribution in [0.5, 0.6) is 5.75 Å². The second-order valence-electron chi connectivity index (χ2n) is 4.55. The van der Waals surface area contributed by atoms with Crippen molar-refractivity contribution in [3.63, 3.8) is 0 Å². The lowest BCUT2D eigenvalue weighted by Gasteiger charge is -2.25. The summed E-state index contributed by atoms with van der Waals surface area (Å²) in [4.78, 5) is 2.20. The van der Waals surface area contributed by atoms with Crippen LogP contribution in [0.15, 0.2) is 42.5 Å². The number of anilines is 2. The van der Waals surface area contributed by atoms with Gasteiger partial charge in [0, 0.05) is 24.0 Å². The second-order valence-corrected chi connectivity index (χ2v) is 4.55. The van der Waals surface area contributed by atoms with Crippen LogP contribution in [0.4, 0.5) is 11.4 Å². The van der Waals surface area contributed by atoms with Crippen molar-refractivity contribution in [1.29, 1.82) is 0 Å². The molecule has 0 aliphatic rings. The first kappa shape index (κ1) is 12.5. The molecule has 0 radical (unpaired) electrons. The number of phenols is 1. The summed E-state index contributed by atoms with van der Waals surface area (Å²) in [6.07, 6.45) is 0. The third kappa shape index (κ3) is 2.48. The van der Waals surface area contributed by atoms with E-state index < -0.39 is 0 Å². The Kier molecular flexibility index (Phi) is 3.56. The van der Waals surface area contributed by atoms with E-state index in [1.165, 1.54) is 16.8 Å². The van der Waals surface area contributed by atoms with E-state index in [2.05, 4.69) is 43.9 Å². The van der Waals surface area contributed by atoms with Crippen LogP contribution in [0.1, 0.15) is 18.1 Å². The minimum absolute atomic E-state index is 0.302. The van der Waals surface area contributed by atoms with E-state index in [0.29, 0.717) is 5.75 Å². The van der Waals surface area contributed by atoms with Gasteiger partial charge in [-0.05, 0) is 44.5 Å². The maximum Gasteiger partial charge on any atom is 0.117 e. The fourth-order valence-electron chi connectivity index (χ4n) is 2.26. The first-order valence-corrected chi connectivity index (χ1v) is 6.25. The Hall–Kier alpha value is -1.96. The molecule has 0 bridgehead atoms. The quantitative estimate of drug-likeness (QED) is 0.872. The number of hydrogen-bond donors (Lipinski definition) is 1. The summed E-state index contributed by atoms with van der Waals surface area (Å²) in [6.45, 7) is 7.20. The molecule has 0 aliphatic heterocycles. The summed E-state index contributed by atoms with van der Waals surface area (Å²) in [5, 5.41) is 9.59. The fraction of sp³-hybridized carbons (Fsp3) is 0.250. The summed E-state index contributed by atoms with van der Waals surface area (Å²) in [5.74, 6) is 0.302. The highest BCUT2D eigenvalue weighted by Crippen LogP contribution is 2.30. The van der Waals surface area contributed by atoms with Gasteiger partial charge in [-0.15, -0.1) is 0 Å². The Bertz CT molecular complexity index is 549. The Morgan fingerprint density at radius 3 is 2.44 bits per heavy atom. The summed E-state index contributed by atoms with van der Waals surface area (Å²) in [7, 11) is 0. The van der Waals surface area contributed by atoms with Gasteiger partial charge in [-0.2, -0.15) is 0 Å². The third-order valence-electron chi connectivity index (χ3n) is 3.10. The topological polar surface area (TPSA) is 23.5 Å². The minimum Gasteiger partial charge on any atom is -0.508 e. The number of aromatic hydroxyl groups is 1. The van der Waals surface area contributed by atoms with Crippen molar-refractivity contribution < 1.29 is 5.11 Å². The molecule has 0 fully saturated rings. The van der Waals surface area contributed by atoms with Gasteiger partial charge >= 0.3 is 0 Å². The zero-order valence-electron chi connectivity index (χ0n) is 11.1. The molecule has 2 aromatic carbocycles. The van der Waals surface area contributed by atoms with Gasteiger partial charge in [-0.25, -0.2) is 0 Å². The number of nitrogens with zero attached hydrogens (tertiary/aromatic N) is 1. The van der Waals surface area contributed by atoms with Crippen molar-refractivity contribution in [2.24, 2.45) is 0 Å². The van der Waals surface area contributed by atoms with Gasteiger partial charge in [0.15, 0.2) is 0 Å². The second kappa shape index (κ2) is 5.13. The van der Waals surface area contributed by atoms with Crippen LogP contribution in [0.3, 0.4) is 0 Å². The van der Waals surface area contributed by atoms with E-state index in [0.717, 1.165) is 12.2 Å². The molecule has 2 heteroatoms. The maximum atomic E-state index is 9.59. The molecule has 18 heavy (non-hydrogen) atoms. The summed E-state index contributed by atoms with van der Waals surface area (Å²) >= 11 is 0. The van der Waals surface area contributed by atoms with Crippen molar-refractivity contribution >= 4 is 11.4 Å². The Labute approximate surface area is 109 Å². The van der Waals surface area contributed by atoms with E-state index >= 15 is 0 Å². The first-order valence-electron chi connectivity index (χ1n) is 6.25. The number of aryl methyl sites for hydroxylation is 2. The summed E-state index contributed by atoms with van der Waals surface area (Å²) in [6, 6.07) is 13.8. The van der Waals surface area contributed by atoms with Gasteiger partial charge in [-0.3, -0.25) is 0 Å². The molecule has 0 heterocycles. The molecule has 0 saturated heterocycles. The summed E-state index contributed by atoms with van der Waals surface area (Å²) in [5.41, 5.74) is 4.72. The molecular weight excluding hydrogens is 222 g/mol. The highest BCUT2D eigenvalue weighted by atomic mass is 16.3. The van der Waals surface area contributed by atoms with Gasteiger partial charge < -0.3 is 10.0 Å². The lowest BCUT2D eigenvalue weighted by molar-refractivity contribution is 0.475. The van der Waals surface area contributed by atoms with Crippen LogP contribution in [0.2, 0.25) is 0 Å². The zero-order valence-corrected chi connectivity index (χ0v) is 11.1. The van der Waals surface area contributed by atoms with E-state index in [1.807, 2.05) is 12.1 Å². The average Bonchev–Trinajstić information content (AvgIpc) is 2.33. The molecule has 0 aromatic heterocycles. The Morgan fingerprint density at radius 1 is 1.06 bits per heavy atom. The van der Waals surface area contributed by atoms with Crippen LogP contribution in [0.25, 0.3) is 0 Å². The van der Waals surface area contributed by atoms with Crippen molar-refractivity contribution in [2.45, 2.75) is 20.8 Å². The standard InChI is InChI=1S/C16H19NO/c1-4-17(14-6-5-7-15(18)11-14)16-9-8-12(2)10-13(16)3/h5-11,18H,4H2,1-3H3. The highest BCUT2D eigenvalue weighted by Gasteiger charge is 2.10. The molecule has 94 valence electrons. The van der Waals surface area contributed by atoms with Gasteiger partial charge in [0.05, 0.1) is 0 Å². The smallest absolute Gasteiger partial charge is 0.117 e. The number of rotatable bonds is 3. The summed E-state index contributed by atoms with van der Waals surface area (Å²) < 4.78 is 0. The first-order chi connectivity index (χ1) is 8.61. The van der Waals surface area contributed by atoms with Gasteiger partial charge in [0.25, 0.3) is 0 Å². The molecule has 0 unspecified atom stereocenters.